The summed E-state index contributed by atoms with van der Waals surface area (Å²) >= 11 is 0. The minimum Gasteiger partial charge on any atom is -0.477 e. The molecule has 0 heterocycles. The Kier molecular flexibility index (Phi) is 7.49. The maximum absolute atomic E-state index is 13.0. The summed E-state index contributed by atoms with van der Waals surface area (Å²) in [5.41, 5.74) is -0.874. The largest absolute Gasteiger partial charge is 0.477 e. The lowest BCUT2D eigenvalue weighted by Crippen LogP contribution is -2.53. The molecule has 0 aliphatic rings. The molecule has 23 heavy (non-hydrogen) atoms. The number of carbonyl (C=O) groups excluding carboxylic acids is 1. The van der Waals surface area contributed by atoms with E-state index < -0.39 is 5.60 Å². The van der Waals surface area contributed by atoms with Gasteiger partial charge in [0.05, 0.1) is 0 Å². The fourth-order valence-electron chi connectivity index (χ4n) is 2.29. The summed E-state index contributed by atoms with van der Waals surface area (Å²) in [7, 11) is 7.21. The first-order valence-corrected chi connectivity index (χ1v) is 9.32. The molecule has 0 aromatic heterocycles. The summed E-state index contributed by atoms with van der Waals surface area (Å²) in [6, 6.07) is 5.92. The molecule has 3 unspecified atom stereocenters. The molecule has 1 aromatic carbocycles. The Labute approximate surface area is 146 Å². The highest BCUT2D eigenvalue weighted by Gasteiger charge is 2.41. The number of likely N-dealkylation sites (N-methyl/N-ethyl adjacent to an activating group) is 1. The van der Waals surface area contributed by atoms with Crippen molar-refractivity contribution in [1.82, 2.24) is 4.90 Å². The van der Waals surface area contributed by atoms with Gasteiger partial charge in [0.15, 0.2) is 5.60 Å². The molecule has 3 nitrogen and oxygen atoms in total. The van der Waals surface area contributed by atoms with Gasteiger partial charge in [-0.25, -0.2) is 0 Å². The van der Waals surface area contributed by atoms with Crippen molar-refractivity contribution in [3.05, 3.63) is 18.2 Å². The van der Waals surface area contributed by atoms with Gasteiger partial charge in [-0.2, -0.15) is 0 Å². The van der Waals surface area contributed by atoms with Gasteiger partial charge in [-0.05, 0) is 48.1 Å². The monoisotopic (exact) mass is 355 g/mol. The number of rotatable bonds is 7. The zero-order chi connectivity index (χ0) is 17.8. The average Bonchev–Trinajstić information content (AvgIpc) is 2.42. The maximum Gasteiger partial charge on any atom is 0.266 e. The van der Waals surface area contributed by atoms with E-state index in [1.54, 1.807) is 4.90 Å². The number of carbonyl (C=O) groups is 1. The molecule has 1 amide bonds. The molecule has 5 heteroatoms. The molecule has 0 radical (unpaired) electrons. The van der Waals surface area contributed by atoms with E-state index in [-0.39, 0.29) is 11.8 Å². The fraction of sp³-hybridized carbons (Fsp3) is 0.611. The average molecular weight is 355 g/mol. The van der Waals surface area contributed by atoms with Crippen LogP contribution in [0.4, 0.5) is 0 Å². The second kappa shape index (κ2) is 8.45. The molecule has 0 saturated heterocycles. The number of ether oxygens (including phenoxy) is 1. The quantitative estimate of drug-likeness (QED) is 0.704. The van der Waals surface area contributed by atoms with Crippen molar-refractivity contribution < 1.29 is 9.53 Å². The Balaban J connectivity index is 2.99. The van der Waals surface area contributed by atoms with Crippen molar-refractivity contribution in [2.75, 3.05) is 13.6 Å². The number of hydrogen-bond donors (Lipinski definition) is 0. The summed E-state index contributed by atoms with van der Waals surface area (Å²) in [6.07, 6.45) is 0.993. The summed E-state index contributed by atoms with van der Waals surface area (Å²) in [5.74, 6) is 1.40. The van der Waals surface area contributed by atoms with E-state index in [0.717, 1.165) is 29.3 Å². The normalized spacial score (nSPS) is 14.0. The second-order valence-corrected chi connectivity index (χ2v) is 8.44. The molecule has 0 saturated carbocycles. The third-order valence-corrected chi connectivity index (χ3v) is 4.86. The first-order valence-electron chi connectivity index (χ1n) is 8.17. The predicted molar refractivity (Wildman–Crippen MR) is 106 cm³/mol. The van der Waals surface area contributed by atoms with E-state index in [1.165, 1.54) is 0 Å². The number of nitrogens with zero attached hydrogens (tertiary/aromatic N) is 1. The minimum absolute atomic E-state index is 0.0348. The topological polar surface area (TPSA) is 29.5 Å². The molecule has 0 aliphatic carbocycles. The van der Waals surface area contributed by atoms with E-state index in [9.17, 15) is 4.79 Å². The summed E-state index contributed by atoms with van der Waals surface area (Å²) < 4.78 is 6.20. The van der Waals surface area contributed by atoms with E-state index >= 15 is 0 Å². The Morgan fingerprint density at radius 1 is 1.17 bits per heavy atom. The van der Waals surface area contributed by atoms with Gasteiger partial charge in [-0.3, -0.25) is 4.79 Å². The van der Waals surface area contributed by atoms with Crippen LogP contribution < -0.4 is 15.3 Å². The SMILES string of the molecule is CC(C)CCN(C)C(=O)C(C)(Oc1cc(P)cc(P)c1)C(C)C. The number of hydrogen-bond acceptors (Lipinski definition) is 2. The van der Waals surface area contributed by atoms with Gasteiger partial charge in [-0.1, -0.05) is 27.7 Å². The lowest BCUT2D eigenvalue weighted by Gasteiger charge is -2.36. The van der Waals surface area contributed by atoms with Gasteiger partial charge in [0.1, 0.15) is 5.75 Å². The van der Waals surface area contributed by atoms with Crippen LogP contribution in [0.3, 0.4) is 0 Å². The van der Waals surface area contributed by atoms with Crippen LogP contribution in [0.5, 0.6) is 5.75 Å². The van der Waals surface area contributed by atoms with Crippen LogP contribution in [0.25, 0.3) is 0 Å². The van der Waals surface area contributed by atoms with Crippen LogP contribution in [-0.2, 0) is 4.79 Å². The lowest BCUT2D eigenvalue weighted by molar-refractivity contribution is -0.149. The first-order chi connectivity index (χ1) is 10.6. The maximum atomic E-state index is 13.0. The van der Waals surface area contributed by atoms with Crippen LogP contribution in [0.1, 0.15) is 41.0 Å². The summed E-state index contributed by atoms with van der Waals surface area (Å²) in [4.78, 5) is 14.8. The van der Waals surface area contributed by atoms with Crippen molar-refractivity contribution >= 4 is 35.0 Å². The van der Waals surface area contributed by atoms with Crippen LogP contribution in [0.15, 0.2) is 18.2 Å². The van der Waals surface area contributed by atoms with Crippen molar-refractivity contribution in [2.45, 2.75) is 46.6 Å². The van der Waals surface area contributed by atoms with Crippen molar-refractivity contribution in [2.24, 2.45) is 11.8 Å². The van der Waals surface area contributed by atoms with Gasteiger partial charge in [0.2, 0.25) is 0 Å². The van der Waals surface area contributed by atoms with Gasteiger partial charge in [0, 0.05) is 19.5 Å². The Bertz CT molecular complexity index is 526. The highest BCUT2D eigenvalue weighted by molar-refractivity contribution is 7.29. The van der Waals surface area contributed by atoms with Gasteiger partial charge >= 0.3 is 0 Å². The molecule has 0 aliphatic heterocycles. The highest BCUT2D eigenvalue weighted by Crippen LogP contribution is 2.27. The van der Waals surface area contributed by atoms with Crippen LogP contribution in [-0.4, -0.2) is 30.0 Å². The highest BCUT2D eigenvalue weighted by atomic mass is 31.0. The van der Waals surface area contributed by atoms with E-state index in [4.69, 9.17) is 4.74 Å². The molecule has 0 spiro atoms. The summed E-state index contributed by atoms with van der Waals surface area (Å²) in [5, 5.41) is 2.08. The smallest absolute Gasteiger partial charge is 0.266 e. The molecular weight excluding hydrogens is 324 g/mol. The zero-order valence-electron chi connectivity index (χ0n) is 15.2. The standard InChI is InChI=1S/C18H31NO2P2/c1-12(2)7-8-19(6)17(20)18(5,13(3)4)21-14-9-15(22)11-16(23)10-14/h9-13H,7-8,22-23H2,1-6H3. The van der Waals surface area contributed by atoms with Gasteiger partial charge in [0.25, 0.3) is 5.91 Å². The Morgan fingerprint density at radius 3 is 2.13 bits per heavy atom. The summed E-state index contributed by atoms with van der Waals surface area (Å²) in [6.45, 7) is 11.0. The molecule has 1 rings (SSSR count). The van der Waals surface area contributed by atoms with Crippen molar-refractivity contribution in [3.8, 4) is 5.75 Å². The molecule has 1 aromatic rings. The Morgan fingerprint density at radius 2 is 1.70 bits per heavy atom. The second-order valence-electron chi connectivity index (χ2n) is 7.11. The van der Waals surface area contributed by atoms with Crippen molar-refractivity contribution in [3.63, 3.8) is 0 Å². The molecular formula is C18H31NO2P2. The van der Waals surface area contributed by atoms with Crippen LogP contribution in [0.2, 0.25) is 0 Å². The molecule has 0 fully saturated rings. The predicted octanol–water partition coefficient (Wildman–Crippen LogP) is 2.99. The van der Waals surface area contributed by atoms with Gasteiger partial charge < -0.3 is 9.64 Å². The van der Waals surface area contributed by atoms with Crippen LogP contribution >= 0.6 is 18.5 Å². The van der Waals surface area contributed by atoms with E-state index in [0.29, 0.717) is 5.92 Å². The fourth-order valence-corrected chi connectivity index (χ4v) is 3.20. The zero-order valence-corrected chi connectivity index (χ0v) is 17.5. The first kappa shape index (κ1) is 20.4. The number of benzene rings is 1. The third kappa shape index (κ3) is 5.73. The Hall–Kier alpha value is -0.650. The minimum atomic E-state index is -0.874. The van der Waals surface area contributed by atoms with Gasteiger partial charge in [-0.15, -0.1) is 18.5 Å². The molecule has 0 bridgehead atoms. The molecule has 3 atom stereocenters. The number of amides is 1. The van der Waals surface area contributed by atoms with E-state index in [1.807, 2.05) is 46.0 Å². The third-order valence-electron chi connectivity index (χ3n) is 4.20. The lowest BCUT2D eigenvalue weighted by atomic mass is 9.90. The van der Waals surface area contributed by atoms with E-state index in [2.05, 4.69) is 32.3 Å². The van der Waals surface area contributed by atoms with Crippen molar-refractivity contribution in [1.29, 1.82) is 0 Å². The molecule has 130 valence electrons. The molecule has 0 N–H and O–H groups in total. The van der Waals surface area contributed by atoms with Crippen LogP contribution in [0, 0.1) is 11.8 Å².